The van der Waals surface area contributed by atoms with Gasteiger partial charge in [0.2, 0.25) is 10.0 Å². The molecule has 0 fully saturated rings. The summed E-state index contributed by atoms with van der Waals surface area (Å²) in [5.41, 5.74) is 11.1. The standard InChI is InChI=1S/C16H20N2O2S.C2H6/c1-11-7-8-15(12(2)9-11)16(17)13-5-4-6-14(10-13)18-21(3,19)20;1-2/h4-10,16,18H,17H2,1-3H3;1-2H3. The number of aryl methyl sites for hydroxylation is 2. The molecule has 0 saturated carbocycles. The van der Waals surface area contributed by atoms with Crippen LogP contribution >= 0.6 is 0 Å². The number of benzene rings is 2. The first kappa shape index (κ1) is 19.2. The average Bonchev–Trinajstić information content (AvgIpc) is 2.47. The fraction of sp³-hybridized carbons (Fsp3) is 0.333. The summed E-state index contributed by atoms with van der Waals surface area (Å²) in [6.07, 6.45) is 1.13. The molecule has 23 heavy (non-hydrogen) atoms. The molecule has 3 N–H and O–H groups in total. The SMILES string of the molecule is CC.Cc1ccc(C(N)c2cccc(NS(C)(=O)=O)c2)c(C)c1. The predicted molar refractivity (Wildman–Crippen MR) is 98.2 cm³/mol. The molecule has 1 unspecified atom stereocenters. The first-order valence-corrected chi connectivity index (χ1v) is 9.56. The van der Waals surface area contributed by atoms with Crippen molar-refractivity contribution >= 4 is 15.7 Å². The molecule has 5 heteroatoms. The van der Waals surface area contributed by atoms with Gasteiger partial charge in [0.1, 0.15) is 0 Å². The molecule has 0 bridgehead atoms. The van der Waals surface area contributed by atoms with Gasteiger partial charge in [-0.1, -0.05) is 49.7 Å². The number of hydrogen-bond donors (Lipinski definition) is 2. The summed E-state index contributed by atoms with van der Waals surface area (Å²) in [7, 11) is -3.29. The summed E-state index contributed by atoms with van der Waals surface area (Å²) in [5, 5.41) is 0. The molecule has 4 nitrogen and oxygen atoms in total. The van der Waals surface area contributed by atoms with Gasteiger partial charge in [-0.05, 0) is 42.7 Å². The Balaban J connectivity index is 0.00000127. The van der Waals surface area contributed by atoms with Crippen molar-refractivity contribution in [3.63, 3.8) is 0 Å². The van der Waals surface area contributed by atoms with Gasteiger partial charge in [0.25, 0.3) is 0 Å². The number of rotatable bonds is 4. The molecule has 1 atom stereocenters. The lowest BCUT2D eigenvalue weighted by Gasteiger charge is -2.17. The van der Waals surface area contributed by atoms with Crippen molar-refractivity contribution in [2.24, 2.45) is 5.73 Å². The van der Waals surface area contributed by atoms with Gasteiger partial charge in [-0.3, -0.25) is 4.72 Å². The molecular weight excluding hydrogens is 308 g/mol. The Kier molecular flexibility index (Phi) is 6.79. The number of nitrogens with two attached hydrogens (primary N) is 1. The molecule has 0 heterocycles. The minimum atomic E-state index is -3.29. The maximum absolute atomic E-state index is 11.3. The summed E-state index contributed by atoms with van der Waals surface area (Å²) < 4.78 is 25.1. The van der Waals surface area contributed by atoms with E-state index in [1.807, 2.05) is 45.9 Å². The van der Waals surface area contributed by atoms with E-state index in [0.29, 0.717) is 5.69 Å². The molecular formula is C18H26N2O2S. The molecule has 2 aromatic carbocycles. The monoisotopic (exact) mass is 334 g/mol. The molecule has 0 amide bonds. The largest absolute Gasteiger partial charge is 0.320 e. The van der Waals surface area contributed by atoms with Crippen molar-refractivity contribution in [1.82, 2.24) is 0 Å². The van der Waals surface area contributed by atoms with Crippen LogP contribution in [0.3, 0.4) is 0 Å². The summed E-state index contributed by atoms with van der Waals surface area (Å²) in [6.45, 7) is 8.07. The van der Waals surface area contributed by atoms with E-state index in [2.05, 4.69) is 10.8 Å². The number of anilines is 1. The lowest BCUT2D eigenvalue weighted by Crippen LogP contribution is -2.14. The Labute approximate surface area is 139 Å². The van der Waals surface area contributed by atoms with Crippen molar-refractivity contribution in [3.05, 3.63) is 64.7 Å². The Morgan fingerprint density at radius 3 is 2.26 bits per heavy atom. The minimum Gasteiger partial charge on any atom is -0.320 e. The van der Waals surface area contributed by atoms with Crippen molar-refractivity contribution in [1.29, 1.82) is 0 Å². The van der Waals surface area contributed by atoms with Crippen LogP contribution in [0.25, 0.3) is 0 Å². The van der Waals surface area contributed by atoms with E-state index in [4.69, 9.17) is 5.73 Å². The Bertz CT molecular complexity index is 755. The summed E-state index contributed by atoms with van der Waals surface area (Å²) in [4.78, 5) is 0. The van der Waals surface area contributed by atoms with Crippen molar-refractivity contribution < 1.29 is 8.42 Å². The molecule has 0 aromatic heterocycles. The molecule has 0 radical (unpaired) electrons. The zero-order valence-corrected chi connectivity index (χ0v) is 15.2. The van der Waals surface area contributed by atoms with Crippen LogP contribution in [0.1, 0.15) is 42.1 Å². The van der Waals surface area contributed by atoms with E-state index >= 15 is 0 Å². The second kappa shape index (κ2) is 8.13. The highest BCUT2D eigenvalue weighted by Gasteiger charge is 2.12. The zero-order valence-electron chi connectivity index (χ0n) is 14.4. The third-order valence-corrected chi connectivity index (χ3v) is 3.92. The molecule has 0 aliphatic heterocycles. The smallest absolute Gasteiger partial charge is 0.229 e. The molecule has 0 aliphatic rings. The average molecular weight is 334 g/mol. The second-order valence-corrected chi connectivity index (χ2v) is 7.09. The quantitative estimate of drug-likeness (QED) is 0.894. The van der Waals surface area contributed by atoms with E-state index in [0.717, 1.165) is 22.9 Å². The van der Waals surface area contributed by atoms with Gasteiger partial charge in [-0.2, -0.15) is 0 Å². The van der Waals surface area contributed by atoms with E-state index in [1.54, 1.807) is 18.2 Å². The third kappa shape index (κ3) is 5.69. The molecule has 2 rings (SSSR count). The Morgan fingerprint density at radius 1 is 1.04 bits per heavy atom. The third-order valence-electron chi connectivity index (χ3n) is 3.31. The van der Waals surface area contributed by atoms with Crippen LogP contribution in [-0.2, 0) is 10.0 Å². The van der Waals surface area contributed by atoms with Crippen LogP contribution in [0.15, 0.2) is 42.5 Å². The van der Waals surface area contributed by atoms with Gasteiger partial charge in [0.15, 0.2) is 0 Å². The fourth-order valence-corrected chi connectivity index (χ4v) is 2.92. The lowest BCUT2D eigenvalue weighted by atomic mass is 9.94. The van der Waals surface area contributed by atoms with Crippen LogP contribution in [0, 0.1) is 13.8 Å². The first-order valence-electron chi connectivity index (χ1n) is 7.67. The maximum Gasteiger partial charge on any atom is 0.229 e. The topological polar surface area (TPSA) is 72.2 Å². The van der Waals surface area contributed by atoms with Gasteiger partial charge in [0.05, 0.1) is 12.3 Å². The summed E-state index contributed by atoms with van der Waals surface area (Å²) in [6, 6.07) is 13.0. The van der Waals surface area contributed by atoms with Gasteiger partial charge >= 0.3 is 0 Å². The first-order chi connectivity index (χ1) is 10.8. The number of nitrogens with one attached hydrogen (secondary N) is 1. The van der Waals surface area contributed by atoms with Crippen molar-refractivity contribution in [2.75, 3.05) is 11.0 Å². The summed E-state index contributed by atoms with van der Waals surface area (Å²) in [5.74, 6) is 0. The van der Waals surface area contributed by atoms with Crippen LogP contribution in [0.5, 0.6) is 0 Å². The molecule has 0 spiro atoms. The van der Waals surface area contributed by atoms with E-state index < -0.39 is 10.0 Å². The van der Waals surface area contributed by atoms with E-state index in [1.165, 1.54) is 5.56 Å². The second-order valence-electron chi connectivity index (χ2n) is 5.34. The maximum atomic E-state index is 11.3. The Hall–Kier alpha value is -1.85. The molecule has 126 valence electrons. The van der Waals surface area contributed by atoms with Crippen molar-refractivity contribution in [2.45, 2.75) is 33.7 Å². The van der Waals surface area contributed by atoms with E-state index in [-0.39, 0.29) is 6.04 Å². The van der Waals surface area contributed by atoms with Crippen LogP contribution < -0.4 is 10.5 Å². The normalized spacial score (nSPS) is 12.1. The molecule has 2 aromatic rings. The molecule has 0 saturated heterocycles. The van der Waals surface area contributed by atoms with Gasteiger partial charge in [-0.25, -0.2) is 8.42 Å². The number of sulfonamides is 1. The highest BCUT2D eigenvalue weighted by Crippen LogP contribution is 2.25. The molecule has 0 aliphatic carbocycles. The highest BCUT2D eigenvalue weighted by molar-refractivity contribution is 7.92. The van der Waals surface area contributed by atoms with Gasteiger partial charge in [-0.15, -0.1) is 0 Å². The van der Waals surface area contributed by atoms with E-state index in [9.17, 15) is 8.42 Å². The van der Waals surface area contributed by atoms with Crippen molar-refractivity contribution in [3.8, 4) is 0 Å². The minimum absolute atomic E-state index is 0.285. The fourth-order valence-electron chi connectivity index (χ4n) is 2.36. The Morgan fingerprint density at radius 2 is 1.70 bits per heavy atom. The van der Waals surface area contributed by atoms with Gasteiger partial charge < -0.3 is 5.73 Å². The number of hydrogen-bond acceptors (Lipinski definition) is 3. The van der Waals surface area contributed by atoms with Gasteiger partial charge in [0, 0.05) is 5.69 Å². The van der Waals surface area contributed by atoms with Crippen LogP contribution in [0.2, 0.25) is 0 Å². The van der Waals surface area contributed by atoms with Crippen LogP contribution in [0.4, 0.5) is 5.69 Å². The lowest BCUT2D eigenvalue weighted by molar-refractivity contribution is 0.607. The zero-order chi connectivity index (χ0) is 17.6. The highest BCUT2D eigenvalue weighted by atomic mass is 32.2. The van der Waals surface area contributed by atoms with Crippen LogP contribution in [-0.4, -0.2) is 14.7 Å². The predicted octanol–water partition coefficient (Wildman–Crippen LogP) is 3.75. The summed E-state index contributed by atoms with van der Waals surface area (Å²) >= 11 is 0.